The van der Waals surface area contributed by atoms with Crippen LogP contribution in [0.25, 0.3) is 12.2 Å². The molecule has 0 radical (unpaired) electrons. The highest BCUT2D eigenvalue weighted by atomic mass is 35.5. The number of benzene rings is 1. The van der Waals surface area contributed by atoms with Crippen LogP contribution in [0.15, 0.2) is 42.6 Å². The normalized spacial score (nSPS) is 10.9. The van der Waals surface area contributed by atoms with Crippen LogP contribution in [0.3, 0.4) is 0 Å². The molecule has 0 unspecified atom stereocenters. The number of rotatable bonds is 5. The number of aryl methyl sites for hydroxylation is 1. The molecule has 1 aromatic heterocycles. The lowest BCUT2D eigenvalue weighted by Gasteiger charge is -2.17. The first-order valence-electron chi connectivity index (χ1n) is 6.67. The number of hydrogen-bond donors (Lipinski definition) is 0. The van der Waals surface area contributed by atoms with Gasteiger partial charge in [0, 0.05) is 37.1 Å². The van der Waals surface area contributed by atoms with E-state index in [1.54, 1.807) is 0 Å². The van der Waals surface area contributed by atoms with Crippen molar-refractivity contribution in [2.45, 2.75) is 6.92 Å². The van der Waals surface area contributed by atoms with Gasteiger partial charge >= 0.3 is 0 Å². The third kappa shape index (κ3) is 4.10. The molecular formula is C17H19ClN2. The van der Waals surface area contributed by atoms with E-state index in [2.05, 4.69) is 52.4 Å². The van der Waals surface area contributed by atoms with Gasteiger partial charge in [-0.2, -0.15) is 0 Å². The third-order valence-corrected chi connectivity index (χ3v) is 3.31. The minimum atomic E-state index is 0.638. The highest BCUT2D eigenvalue weighted by molar-refractivity contribution is 6.18. The Balaban J connectivity index is 2.07. The van der Waals surface area contributed by atoms with Gasteiger partial charge in [-0.3, -0.25) is 4.98 Å². The van der Waals surface area contributed by atoms with Crippen molar-refractivity contribution >= 4 is 29.4 Å². The average Bonchev–Trinajstić information content (AvgIpc) is 2.46. The van der Waals surface area contributed by atoms with E-state index in [1.807, 2.05) is 26.2 Å². The lowest BCUT2D eigenvalue weighted by atomic mass is 10.1. The monoisotopic (exact) mass is 286 g/mol. The maximum absolute atomic E-state index is 5.75. The summed E-state index contributed by atoms with van der Waals surface area (Å²) >= 11 is 5.75. The molecule has 0 N–H and O–H groups in total. The Hall–Kier alpha value is -1.80. The third-order valence-electron chi connectivity index (χ3n) is 3.14. The largest absolute Gasteiger partial charge is 0.373 e. The predicted molar refractivity (Wildman–Crippen MR) is 88.3 cm³/mol. The fourth-order valence-corrected chi connectivity index (χ4v) is 2.21. The first kappa shape index (κ1) is 14.6. The summed E-state index contributed by atoms with van der Waals surface area (Å²) in [4.78, 5) is 6.34. The van der Waals surface area contributed by atoms with E-state index in [0.717, 1.165) is 12.2 Å². The zero-order valence-corrected chi connectivity index (χ0v) is 12.6. The van der Waals surface area contributed by atoms with E-state index in [9.17, 15) is 0 Å². The zero-order chi connectivity index (χ0) is 14.4. The van der Waals surface area contributed by atoms with Crippen LogP contribution in [0.1, 0.15) is 16.8 Å². The van der Waals surface area contributed by atoms with Gasteiger partial charge in [-0.25, -0.2) is 0 Å². The molecule has 0 bridgehead atoms. The number of halogens is 1. The Morgan fingerprint density at radius 1 is 1.10 bits per heavy atom. The Morgan fingerprint density at radius 3 is 2.45 bits per heavy atom. The number of anilines is 1. The molecule has 3 heteroatoms. The van der Waals surface area contributed by atoms with Crippen molar-refractivity contribution in [2.75, 3.05) is 24.4 Å². The van der Waals surface area contributed by atoms with Crippen molar-refractivity contribution in [2.24, 2.45) is 0 Å². The van der Waals surface area contributed by atoms with Crippen LogP contribution in [0.2, 0.25) is 0 Å². The summed E-state index contributed by atoms with van der Waals surface area (Å²) in [5.74, 6) is 0.638. The second kappa shape index (κ2) is 7.11. The first-order chi connectivity index (χ1) is 9.69. The Kier molecular flexibility index (Phi) is 5.19. The summed E-state index contributed by atoms with van der Waals surface area (Å²) in [7, 11) is 2.05. The van der Waals surface area contributed by atoms with E-state index < -0.39 is 0 Å². The fraction of sp³-hybridized carbons (Fsp3) is 0.235. The SMILES string of the molecule is Cc1cc(/C=C/c2ccc(N(C)CCCl)cc2)ccn1. The quantitative estimate of drug-likeness (QED) is 0.765. The van der Waals surface area contributed by atoms with Crippen LogP contribution in [0.5, 0.6) is 0 Å². The summed E-state index contributed by atoms with van der Waals surface area (Å²) in [6, 6.07) is 12.5. The molecule has 0 aliphatic carbocycles. The van der Waals surface area contributed by atoms with Crippen molar-refractivity contribution in [1.29, 1.82) is 0 Å². The van der Waals surface area contributed by atoms with Crippen LogP contribution in [-0.2, 0) is 0 Å². The van der Waals surface area contributed by atoms with Gasteiger partial charge < -0.3 is 4.90 Å². The zero-order valence-electron chi connectivity index (χ0n) is 11.9. The number of hydrogen-bond acceptors (Lipinski definition) is 2. The first-order valence-corrected chi connectivity index (χ1v) is 7.20. The minimum Gasteiger partial charge on any atom is -0.373 e. The van der Waals surface area contributed by atoms with E-state index >= 15 is 0 Å². The molecule has 0 saturated heterocycles. The van der Waals surface area contributed by atoms with Crippen molar-refractivity contribution < 1.29 is 0 Å². The number of pyridine rings is 1. The molecule has 1 heterocycles. The predicted octanol–water partition coefficient (Wildman–Crippen LogP) is 4.24. The van der Waals surface area contributed by atoms with Crippen LogP contribution in [0.4, 0.5) is 5.69 Å². The number of aromatic nitrogens is 1. The maximum Gasteiger partial charge on any atom is 0.0399 e. The van der Waals surface area contributed by atoms with E-state index in [1.165, 1.54) is 16.8 Å². The van der Waals surface area contributed by atoms with Crippen molar-refractivity contribution in [1.82, 2.24) is 4.98 Å². The molecule has 2 aromatic rings. The molecule has 0 aliphatic rings. The minimum absolute atomic E-state index is 0.638. The van der Waals surface area contributed by atoms with Gasteiger partial charge in [0.15, 0.2) is 0 Å². The highest BCUT2D eigenvalue weighted by Crippen LogP contribution is 2.15. The van der Waals surface area contributed by atoms with Crippen molar-refractivity contribution in [3.63, 3.8) is 0 Å². The van der Waals surface area contributed by atoms with Crippen molar-refractivity contribution in [3.05, 3.63) is 59.4 Å². The lowest BCUT2D eigenvalue weighted by Crippen LogP contribution is -2.19. The Bertz CT molecular complexity index is 576. The summed E-state index contributed by atoms with van der Waals surface area (Å²) in [5, 5.41) is 0. The summed E-state index contributed by atoms with van der Waals surface area (Å²) in [6.45, 7) is 2.85. The van der Waals surface area contributed by atoms with Crippen LogP contribution >= 0.6 is 11.6 Å². The Morgan fingerprint density at radius 2 is 1.80 bits per heavy atom. The molecule has 0 fully saturated rings. The second-order valence-electron chi connectivity index (χ2n) is 4.77. The van der Waals surface area contributed by atoms with Gasteiger partial charge in [0.05, 0.1) is 0 Å². The van der Waals surface area contributed by atoms with Gasteiger partial charge in [0.1, 0.15) is 0 Å². The molecule has 0 amide bonds. The molecule has 0 spiro atoms. The van der Waals surface area contributed by atoms with E-state index in [4.69, 9.17) is 11.6 Å². The summed E-state index contributed by atoms with van der Waals surface area (Å²) in [5.41, 5.74) is 4.57. The standard InChI is InChI=1S/C17H19ClN2/c1-14-13-16(9-11-19-14)4-3-15-5-7-17(8-6-15)20(2)12-10-18/h3-9,11,13H,10,12H2,1-2H3/b4-3+. The molecule has 0 saturated carbocycles. The van der Waals surface area contributed by atoms with Gasteiger partial charge in [-0.1, -0.05) is 24.3 Å². The average molecular weight is 287 g/mol. The maximum atomic E-state index is 5.75. The van der Waals surface area contributed by atoms with Gasteiger partial charge in [0.2, 0.25) is 0 Å². The van der Waals surface area contributed by atoms with Crippen LogP contribution in [0, 0.1) is 6.92 Å². The highest BCUT2D eigenvalue weighted by Gasteiger charge is 1.98. The van der Waals surface area contributed by atoms with Crippen LogP contribution in [-0.4, -0.2) is 24.5 Å². The topological polar surface area (TPSA) is 16.1 Å². The second-order valence-corrected chi connectivity index (χ2v) is 5.14. The Labute approximate surface area is 125 Å². The molecule has 2 nitrogen and oxygen atoms in total. The summed E-state index contributed by atoms with van der Waals surface area (Å²) in [6.07, 6.45) is 6.05. The van der Waals surface area contributed by atoms with Crippen LogP contribution < -0.4 is 4.90 Å². The molecule has 0 atom stereocenters. The van der Waals surface area contributed by atoms with Gasteiger partial charge in [-0.15, -0.1) is 11.6 Å². The molecule has 2 rings (SSSR count). The molecule has 104 valence electrons. The smallest absolute Gasteiger partial charge is 0.0399 e. The van der Waals surface area contributed by atoms with E-state index in [0.29, 0.717) is 5.88 Å². The summed E-state index contributed by atoms with van der Waals surface area (Å²) < 4.78 is 0. The van der Waals surface area contributed by atoms with E-state index in [-0.39, 0.29) is 0 Å². The van der Waals surface area contributed by atoms with Crippen molar-refractivity contribution in [3.8, 4) is 0 Å². The van der Waals surface area contributed by atoms with Gasteiger partial charge in [-0.05, 0) is 42.3 Å². The molecule has 0 aliphatic heterocycles. The number of nitrogens with zero attached hydrogens (tertiary/aromatic N) is 2. The fourth-order valence-electron chi connectivity index (χ4n) is 1.96. The number of alkyl halides is 1. The van der Waals surface area contributed by atoms with Gasteiger partial charge in [0.25, 0.3) is 0 Å². The molecule has 1 aromatic carbocycles. The molecular weight excluding hydrogens is 268 g/mol. The lowest BCUT2D eigenvalue weighted by molar-refractivity contribution is 0.974. The molecule has 20 heavy (non-hydrogen) atoms.